The van der Waals surface area contributed by atoms with Crippen molar-refractivity contribution in [3.63, 3.8) is 0 Å². The Kier molecular flexibility index (Phi) is 9.60. The maximum atomic E-state index is 11.5. The number of nitrogens with one attached hydrogen (secondary N) is 1. The second-order valence-electron chi connectivity index (χ2n) is 3.50. The molecular formula is C15H23NO2. The number of carbonyl (C=O) groups excluding carboxylic acids is 1. The van der Waals surface area contributed by atoms with Crippen LogP contribution >= 0.6 is 0 Å². The van der Waals surface area contributed by atoms with Gasteiger partial charge in [0.2, 0.25) is 0 Å². The fraction of sp³-hybridized carbons (Fsp3) is 0.400. The second kappa shape index (κ2) is 10.5. The van der Waals surface area contributed by atoms with E-state index in [0.717, 1.165) is 12.7 Å². The lowest BCUT2D eigenvalue weighted by atomic mass is 10.1. The molecule has 0 spiro atoms. The highest BCUT2D eigenvalue weighted by Crippen LogP contribution is 2.18. The Labute approximate surface area is 110 Å². The molecule has 0 bridgehead atoms. The third-order valence-electron chi connectivity index (χ3n) is 2.20. The van der Waals surface area contributed by atoms with E-state index in [9.17, 15) is 4.79 Å². The topological polar surface area (TPSA) is 49.3 Å². The SMILES string of the molecule is CC.CO.O=C(/C=C\NC1CC1)c1ccccc1. The van der Waals surface area contributed by atoms with E-state index in [2.05, 4.69) is 5.32 Å². The first-order chi connectivity index (χ1) is 8.86. The number of aliphatic hydroxyl groups excluding tert-OH is 1. The lowest BCUT2D eigenvalue weighted by molar-refractivity contribution is 0.104. The molecule has 100 valence electrons. The average molecular weight is 249 g/mol. The van der Waals surface area contributed by atoms with Crippen molar-refractivity contribution in [2.75, 3.05) is 7.11 Å². The minimum absolute atomic E-state index is 0.0544. The normalized spacial score (nSPS) is 12.9. The van der Waals surface area contributed by atoms with Gasteiger partial charge in [-0.05, 0) is 12.8 Å². The van der Waals surface area contributed by atoms with Crippen LogP contribution in [-0.4, -0.2) is 24.0 Å². The Morgan fingerprint density at radius 1 is 1.22 bits per heavy atom. The molecule has 1 fully saturated rings. The molecule has 1 aliphatic rings. The van der Waals surface area contributed by atoms with E-state index >= 15 is 0 Å². The molecule has 2 N–H and O–H groups in total. The molecule has 0 atom stereocenters. The van der Waals surface area contributed by atoms with Crippen LogP contribution in [0.2, 0.25) is 0 Å². The lowest BCUT2D eigenvalue weighted by Gasteiger charge is -1.95. The van der Waals surface area contributed by atoms with Crippen molar-refractivity contribution in [1.82, 2.24) is 5.32 Å². The van der Waals surface area contributed by atoms with Crippen LogP contribution in [0.15, 0.2) is 42.6 Å². The van der Waals surface area contributed by atoms with E-state index in [0.29, 0.717) is 6.04 Å². The molecule has 3 heteroatoms. The lowest BCUT2D eigenvalue weighted by Crippen LogP contribution is -2.07. The van der Waals surface area contributed by atoms with E-state index in [4.69, 9.17) is 5.11 Å². The highest BCUT2D eigenvalue weighted by atomic mass is 16.2. The fourth-order valence-electron chi connectivity index (χ4n) is 1.21. The smallest absolute Gasteiger partial charge is 0.187 e. The van der Waals surface area contributed by atoms with Crippen LogP contribution < -0.4 is 5.32 Å². The summed E-state index contributed by atoms with van der Waals surface area (Å²) in [4.78, 5) is 11.5. The van der Waals surface area contributed by atoms with Gasteiger partial charge in [0.1, 0.15) is 0 Å². The first kappa shape index (κ1) is 16.4. The predicted octanol–water partition coefficient (Wildman–Crippen LogP) is 2.77. The highest BCUT2D eigenvalue weighted by molar-refractivity contribution is 6.04. The first-order valence-electron chi connectivity index (χ1n) is 6.33. The third-order valence-corrected chi connectivity index (χ3v) is 2.20. The van der Waals surface area contributed by atoms with Crippen molar-refractivity contribution < 1.29 is 9.90 Å². The Bertz CT molecular complexity index is 343. The van der Waals surface area contributed by atoms with Gasteiger partial charge in [0.15, 0.2) is 5.78 Å². The summed E-state index contributed by atoms with van der Waals surface area (Å²) in [6.45, 7) is 4.00. The van der Waals surface area contributed by atoms with Gasteiger partial charge >= 0.3 is 0 Å². The largest absolute Gasteiger partial charge is 0.400 e. The molecule has 0 unspecified atom stereocenters. The Morgan fingerprint density at radius 3 is 2.28 bits per heavy atom. The Hall–Kier alpha value is -1.61. The van der Waals surface area contributed by atoms with Crippen LogP contribution in [0.1, 0.15) is 37.0 Å². The fourth-order valence-corrected chi connectivity index (χ4v) is 1.21. The van der Waals surface area contributed by atoms with Gasteiger partial charge < -0.3 is 10.4 Å². The Morgan fingerprint density at radius 2 is 1.78 bits per heavy atom. The van der Waals surface area contributed by atoms with E-state index in [1.165, 1.54) is 12.8 Å². The molecule has 1 aromatic rings. The molecule has 0 aromatic heterocycles. The molecule has 3 nitrogen and oxygen atoms in total. The second-order valence-corrected chi connectivity index (χ2v) is 3.50. The van der Waals surface area contributed by atoms with Crippen molar-refractivity contribution in [2.24, 2.45) is 0 Å². The van der Waals surface area contributed by atoms with Crippen LogP contribution in [0.3, 0.4) is 0 Å². The van der Waals surface area contributed by atoms with Gasteiger partial charge in [-0.1, -0.05) is 44.2 Å². The van der Waals surface area contributed by atoms with E-state index < -0.39 is 0 Å². The quantitative estimate of drug-likeness (QED) is 0.637. The summed E-state index contributed by atoms with van der Waals surface area (Å²) in [5.41, 5.74) is 0.737. The molecule has 0 radical (unpaired) electrons. The number of benzene rings is 1. The first-order valence-corrected chi connectivity index (χ1v) is 6.33. The summed E-state index contributed by atoms with van der Waals surface area (Å²) in [5.74, 6) is 0.0544. The van der Waals surface area contributed by atoms with Gasteiger partial charge in [-0.15, -0.1) is 0 Å². The molecule has 1 saturated carbocycles. The van der Waals surface area contributed by atoms with E-state index in [1.807, 2.05) is 44.2 Å². The molecule has 0 amide bonds. The third kappa shape index (κ3) is 6.86. The predicted molar refractivity (Wildman–Crippen MR) is 75.6 cm³/mol. The number of ketones is 1. The molecule has 1 aliphatic carbocycles. The number of hydrogen-bond acceptors (Lipinski definition) is 3. The number of carbonyl (C=O) groups is 1. The molecule has 0 aliphatic heterocycles. The van der Waals surface area contributed by atoms with Gasteiger partial charge in [0.05, 0.1) is 0 Å². The van der Waals surface area contributed by atoms with Crippen molar-refractivity contribution in [2.45, 2.75) is 32.7 Å². The van der Waals surface area contributed by atoms with Gasteiger partial charge in [-0.25, -0.2) is 0 Å². The van der Waals surface area contributed by atoms with Crippen LogP contribution in [0, 0.1) is 0 Å². The summed E-state index contributed by atoms with van der Waals surface area (Å²) in [7, 11) is 1.00. The van der Waals surface area contributed by atoms with E-state index in [1.54, 1.807) is 12.3 Å². The van der Waals surface area contributed by atoms with Crippen molar-refractivity contribution in [3.8, 4) is 0 Å². The maximum absolute atomic E-state index is 11.5. The molecule has 18 heavy (non-hydrogen) atoms. The summed E-state index contributed by atoms with van der Waals surface area (Å²) in [6.07, 6.45) is 5.80. The monoisotopic (exact) mass is 249 g/mol. The molecule has 0 heterocycles. The van der Waals surface area contributed by atoms with Crippen molar-refractivity contribution in [3.05, 3.63) is 48.2 Å². The van der Waals surface area contributed by atoms with Gasteiger partial charge in [-0.2, -0.15) is 0 Å². The van der Waals surface area contributed by atoms with Crippen LogP contribution in [0.4, 0.5) is 0 Å². The standard InChI is InChI=1S/C12H13NO.C2H6.CH4O/c14-12(8-9-13-11-6-7-11)10-4-2-1-3-5-10;2*1-2/h1-5,8-9,11,13H,6-7H2;1-2H3;2H,1H3/b9-8-;;. The minimum atomic E-state index is 0.0544. The zero-order chi connectivity index (χ0) is 13.8. The summed E-state index contributed by atoms with van der Waals surface area (Å²) < 4.78 is 0. The van der Waals surface area contributed by atoms with Gasteiger partial charge in [-0.3, -0.25) is 4.79 Å². The van der Waals surface area contributed by atoms with Crippen LogP contribution in [-0.2, 0) is 0 Å². The molecule has 1 aromatic carbocycles. The summed E-state index contributed by atoms with van der Waals surface area (Å²) in [6, 6.07) is 9.90. The highest BCUT2D eigenvalue weighted by Gasteiger charge is 2.18. The zero-order valence-electron chi connectivity index (χ0n) is 11.4. The number of aliphatic hydroxyl groups is 1. The average Bonchev–Trinajstić information content (AvgIpc) is 3.28. The molecule has 2 rings (SSSR count). The maximum Gasteiger partial charge on any atom is 0.187 e. The molecular weight excluding hydrogens is 226 g/mol. The minimum Gasteiger partial charge on any atom is -0.400 e. The number of hydrogen-bond donors (Lipinski definition) is 2. The number of rotatable bonds is 4. The van der Waals surface area contributed by atoms with Crippen LogP contribution in [0.5, 0.6) is 0 Å². The van der Waals surface area contributed by atoms with E-state index in [-0.39, 0.29) is 5.78 Å². The summed E-state index contributed by atoms with van der Waals surface area (Å²) in [5, 5.41) is 10.2. The Balaban J connectivity index is 0.000000659. The number of allylic oxidation sites excluding steroid dienone is 1. The van der Waals surface area contributed by atoms with Crippen molar-refractivity contribution in [1.29, 1.82) is 0 Å². The van der Waals surface area contributed by atoms with Gasteiger partial charge in [0, 0.05) is 31.0 Å². The van der Waals surface area contributed by atoms with Crippen LogP contribution in [0.25, 0.3) is 0 Å². The molecule has 0 saturated heterocycles. The van der Waals surface area contributed by atoms with Crippen molar-refractivity contribution >= 4 is 5.78 Å². The summed E-state index contributed by atoms with van der Waals surface area (Å²) >= 11 is 0. The van der Waals surface area contributed by atoms with Gasteiger partial charge in [0.25, 0.3) is 0 Å². The zero-order valence-corrected chi connectivity index (χ0v) is 11.4.